The Morgan fingerprint density at radius 2 is 2.29 bits per heavy atom. The molecule has 0 bridgehead atoms. The van der Waals surface area contributed by atoms with Gasteiger partial charge in [-0.25, -0.2) is 9.67 Å². The zero-order chi connectivity index (χ0) is 15.4. The van der Waals surface area contributed by atoms with E-state index >= 15 is 0 Å². The van der Waals surface area contributed by atoms with Crippen molar-refractivity contribution in [2.45, 2.75) is 26.3 Å². The molecule has 6 nitrogen and oxygen atoms in total. The van der Waals surface area contributed by atoms with E-state index in [1.165, 1.54) is 6.33 Å². The number of hydrogen-bond acceptors (Lipinski definition) is 4. The number of benzene rings is 1. The second kappa shape index (κ2) is 6.69. The minimum Gasteiger partial charge on any atom is -0.323 e. The Morgan fingerprint density at radius 3 is 2.90 bits per heavy atom. The smallest absolute Gasteiger partial charge is 0.241 e. The Labute approximate surface area is 128 Å². The number of nitrogens with zero attached hydrogens (tertiary/aromatic N) is 3. The van der Waals surface area contributed by atoms with Crippen molar-refractivity contribution in [2.24, 2.45) is 11.7 Å². The molecule has 1 aromatic carbocycles. The summed E-state index contributed by atoms with van der Waals surface area (Å²) in [5, 5.41) is 7.40. The van der Waals surface area contributed by atoms with Crippen LogP contribution in [-0.4, -0.2) is 26.7 Å². The summed E-state index contributed by atoms with van der Waals surface area (Å²) in [4.78, 5) is 16.1. The van der Waals surface area contributed by atoms with Gasteiger partial charge in [-0.3, -0.25) is 4.79 Å². The van der Waals surface area contributed by atoms with Gasteiger partial charge in [-0.15, -0.1) is 0 Å². The van der Waals surface area contributed by atoms with Gasteiger partial charge < -0.3 is 11.1 Å². The molecule has 2 rings (SSSR count). The highest BCUT2D eigenvalue weighted by Gasteiger charge is 2.20. The lowest BCUT2D eigenvalue weighted by Crippen LogP contribution is -2.40. The SMILES string of the molecule is CC[C@H](C)[C@H](N)C(=O)Nc1cc(Cl)ccc1-n1cncn1. The summed E-state index contributed by atoms with van der Waals surface area (Å²) in [5.41, 5.74) is 7.18. The van der Waals surface area contributed by atoms with Gasteiger partial charge in [0.15, 0.2) is 0 Å². The normalized spacial score (nSPS) is 13.7. The van der Waals surface area contributed by atoms with Crippen molar-refractivity contribution in [2.75, 3.05) is 5.32 Å². The lowest BCUT2D eigenvalue weighted by molar-refractivity contribution is -0.118. The maximum absolute atomic E-state index is 12.2. The predicted octanol–water partition coefficient (Wildman–Crippen LogP) is 2.23. The van der Waals surface area contributed by atoms with E-state index in [0.717, 1.165) is 6.42 Å². The van der Waals surface area contributed by atoms with Crippen LogP contribution in [0.4, 0.5) is 5.69 Å². The van der Waals surface area contributed by atoms with Crippen LogP contribution in [0.15, 0.2) is 30.9 Å². The van der Waals surface area contributed by atoms with Crippen molar-refractivity contribution in [3.63, 3.8) is 0 Å². The minimum atomic E-state index is -0.572. The van der Waals surface area contributed by atoms with E-state index < -0.39 is 6.04 Å². The molecule has 1 amide bonds. The van der Waals surface area contributed by atoms with Crippen LogP contribution >= 0.6 is 11.6 Å². The molecule has 2 atom stereocenters. The fourth-order valence-corrected chi connectivity index (χ4v) is 2.04. The molecule has 3 N–H and O–H groups in total. The molecule has 0 unspecified atom stereocenters. The number of anilines is 1. The van der Waals surface area contributed by atoms with Gasteiger partial charge in [0.25, 0.3) is 0 Å². The Balaban J connectivity index is 2.27. The minimum absolute atomic E-state index is 0.0963. The molecule has 1 heterocycles. The summed E-state index contributed by atoms with van der Waals surface area (Å²) in [7, 11) is 0. The van der Waals surface area contributed by atoms with Crippen molar-refractivity contribution in [3.05, 3.63) is 35.9 Å². The highest BCUT2D eigenvalue weighted by molar-refractivity contribution is 6.31. The van der Waals surface area contributed by atoms with Crippen molar-refractivity contribution >= 4 is 23.2 Å². The monoisotopic (exact) mass is 307 g/mol. The Bertz CT molecular complexity index is 614. The summed E-state index contributed by atoms with van der Waals surface area (Å²) in [6, 6.07) is 4.59. The van der Waals surface area contributed by atoms with E-state index in [0.29, 0.717) is 16.4 Å². The van der Waals surface area contributed by atoms with Crippen LogP contribution in [0.2, 0.25) is 5.02 Å². The van der Waals surface area contributed by atoms with Gasteiger partial charge in [-0.05, 0) is 24.1 Å². The van der Waals surface area contributed by atoms with Crippen molar-refractivity contribution in [3.8, 4) is 5.69 Å². The first-order valence-corrected chi connectivity index (χ1v) is 7.11. The quantitative estimate of drug-likeness (QED) is 0.887. The summed E-state index contributed by atoms with van der Waals surface area (Å²) in [6.07, 6.45) is 3.80. The molecule has 0 spiro atoms. The Kier molecular flexibility index (Phi) is 4.93. The van der Waals surface area contributed by atoms with E-state index in [1.54, 1.807) is 29.2 Å². The van der Waals surface area contributed by atoms with E-state index in [2.05, 4.69) is 15.4 Å². The third-order valence-electron chi connectivity index (χ3n) is 3.44. The standard InChI is InChI=1S/C14H18ClN5O/c1-3-9(2)13(16)14(21)19-11-6-10(15)4-5-12(11)20-8-17-7-18-20/h4-9,13H,3,16H2,1-2H3,(H,19,21)/t9-,13-/m0/s1. The van der Waals surface area contributed by atoms with Crippen LogP contribution in [0.5, 0.6) is 0 Å². The third-order valence-corrected chi connectivity index (χ3v) is 3.68. The van der Waals surface area contributed by atoms with Gasteiger partial charge in [0.1, 0.15) is 12.7 Å². The summed E-state index contributed by atoms with van der Waals surface area (Å²) >= 11 is 6.00. The average molecular weight is 308 g/mol. The number of aromatic nitrogens is 3. The first-order chi connectivity index (χ1) is 10.0. The molecule has 7 heteroatoms. The number of nitrogens with one attached hydrogen (secondary N) is 1. The predicted molar refractivity (Wildman–Crippen MR) is 82.4 cm³/mol. The lowest BCUT2D eigenvalue weighted by Gasteiger charge is -2.19. The van der Waals surface area contributed by atoms with Gasteiger partial charge in [-0.1, -0.05) is 31.9 Å². The van der Waals surface area contributed by atoms with E-state index in [1.807, 2.05) is 13.8 Å². The molecular weight excluding hydrogens is 290 g/mol. The maximum Gasteiger partial charge on any atom is 0.241 e. The molecule has 1 aromatic heterocycles. The van der Waals surface area contributed by atoms with Gasteiger partial charge in [0.2, 0.25) is 5.91 Å². The highest BCUT2D eigenvalue weighted by atomic mass is 35.5. The van der Waals surface area contributed by atoms with Gasteiger partial charge in [0.05, 0.1) is 17.4 Å². The largest absolute Gasteiger partial charge is 0.323 e. The number of rotatable bonds is 5. The Morgan fingerprint density at radius 1 is 1.52 bits per heavy atom. The first kappa shape index (κ1) is 15.5. The molecule has 0 radical (unpaired) electrons. The summed E-state index contributed by atoms with van der Waals surface area (Å²) in [5.74, 6) is -0.146. The van der Waals surface area contributed by atoms with Crippen molar-refractivity contribution < 1.29 is 4.79 Å². The number of hydrogen-bond donors (Lipinski definition) is 2. The zero-order valence-corrected chi connectivity index (χ0v) is 12.7. The van der Waals surface area contributed by atoms with E-state index in [4.69, 9.17) is 17.3 Å². The van der Waals surface area contributed by atoms with Crippen molar-refractivity contribution in [1.29, 1.82) is 0 Å². The number of halogens is 1. The average Bonchev–Trinajstić information content (AvgIpc) is 2.99. The van der Waals surface area contributed by atoms with E-state index in [-0.39, 0.29) is 11.8 Å². The van der Waals surface area contributed by atoms with Crippen LogP contribution in [0.25, 0.3) is 5.69 Å². The number of carbonyl (C=O) groups excluding carboxylic acids is 1. The molecule has 21 heavy (non-hydrogen) atoms. The van der Waals surface area contributed by atoms with Crippen LogP contribution in [0, 0.1) is 5.92 Å². The summed E-state index contributed by atoms with van der Waals surface area (Å²) in [6.45, 7) is 3.94. The topological polar surface area (TPSA) is 85.8 Å². The van der Waals surface area contributed by atoms with Gasteiger partial charge in [-0.2, -0.15) is 5.10 Å². The summed E-state index contributed by atoms with van der Waals surface area (Å²) < 4.78 is 1.56. The maximum atomic E-state index is 12.2. The van der Waals surface area contributed by atoms with E-state index in [9.17, 15) is 4.79 Å². The molecule has 0 aliphatic carbocycles. The fourth-order valence-electron chi connectivity index (χ4n) is 1.87. The molecule has 0 saturated heterocycles. The molecule has 0 aliphatic rings. The van der Waals surface area contributed by atoms with Gasteiger partial charge in [0, 0.05) is 5.02 Å². The number of carbonyl (C=O) groups is 1. The van der Waals surface area contributed by atoms with Crippen LogP contribution in [-0.2, 0) is 4.79 Å². The van der Waals surface area contributed by atoms with Crippen molar-refractivity contribution in [1.82, 2.24) is 14.8 Å². The fraction of sp³-hybridized carbons (Fsp3) is 0.357. The number of nitrogens with two attached hydrogens (primary N) is 1. The van der Waals surface area contributed by atoms with Crippen LogP contribution in [0.1, 0.15) is 20.3 Å². The molecular formula is C14H18ClN5O. The first-order valence-electron chi connectivity index (χ1n) is 6.74. The second-order valence-corrected chi connectivity index (χ2v) is 5.34. The molecule has 0 saturated carbocycles. The molecule has 2 aromatic rings. The molecule has 0 fully saturated rings. The van der Waals surface area contributed by atoms with Crippen LogP contribution in [0.3, 0.4) is 0 Å². The second-order valence-electron chi connectivity index (χ2n) is 4.90. The molecule has 0 aliphatic heterocycles. The Hall–Kier alpha value is -1.92. The zero-order valence-electron chi connectivity index (χ0n) is 12.0. The van der Waals surface area contributed by atoms with Crippen LogP contribution < -0.4 is 11.1 Å². The van der Waals surface area contributed by atoms with Gasteiger partial charge >= 0.3 is 0 Å². The molecule has 112 valence electrons. The third kappa shape index (κ3) is 3.59. The highest BCUT2D eigenvalue weighted by Crippen LogP contribution is 2.24. The number of amides is 1. The lowest BCUT2D eigenvalue weighted by atomic mass is 9.99.